The molecule has 3 heteroatoms. The smallest absolute Gasteiger partial charge is 0.0449 e. The minimum atomic E-state index is -0.0444. The van der Waals surface area contributed by atoms with Gasteiger partial charge in [-0.15, -0.1) is 11.8 Å². The Kier molecular flexibility index (Phi) is 4.28. The van der Waals surface area contributed by atoms with Gasteiger partial charge in [-0.1, -0.05) is 12.1 Å². The molecule has 0 fully saturated rings. The van der Waals surface area contributed by atoms with E-state index in [9.17, 15) is 0 Å². The second kappa shape index (κ2) is 5.27. The lowest BCUT2D eigenvalue weighted by molar-refractivity contribution is 0.276. The van der Waals surface area contributed by atoms with Gasteiger partial charge < -0.3 is 10.8 Å². The molecule has 0 amide bonds. The highest BCUT2D eigenvalue weighted by molar-refractivity contribution is 7.98. The van der Waals surface area contributed by atoms with Crippen LogP contribution in [0.2, 0.25) is 0 Å². The predicted molar refractivity (Wildman–Crippen MR) is 56.9 cm³/mol. The van der Waals surface area contributed by atoms with Crippen molar-refractivity contribution in [2.75, 3.05) is 12.9 Å². The van der Waals surface area contributed by atoms with Crippen LogP contribution in [-0.4, -0.2) is 18.0 Å². The molecule has 0 aliphatic carbocycles. The first-order valence-corrected chi connectivity index (χ1v) is 5.50. The van der Waals surface area contributed by atoms with Gasteiger partial charge in [-0.05, 0) is 30.4 Å². The topological polar surface area (TPSA) is 46.2 Å². The Morgan fingerprint density at radius 2 is 2.31 bits per heavy atom. The molecular weight excluding hydrogens is 182 g/mol. The van der Waals surface area contributed by atoms with E-state index in [0.29, 0.717) is 6.42 Å². The molecule has 0 aliphatic rings. The summed E-state index contributed by atoms with van der Waals surface area (Å²) in [7, 11) is 0. The van der Waals surface area contributed by atoms with E-state index in [1.807, 2.05) is 18.4 Å². The Morgan fingerprint density at radius 1 is 1.54 bits per heavy atom. The summed E-state index contributed by atoms with van der Waals surface area (Å²) in [5.41, 5.74) is 6.96. The third-order valence-electron chi connectivity index (χ3n) is 1.96. The van der Waals surface area contributed by atoms with Crippen LogP contribution < -0.4 is 5.73 Å². The monoisotopic (exact) mass is 197 g/mol. The van der Waals surface area contributed by atoms with Gasteiger partial charge in [0.1, 0.15) is 0 Å². The summed E-state index contributed by atoms with van der Waals surface area (Å²) in [6.45, 7) is 0.144. The second-order valence-corrected chi connectivity index (χ2v) is 3.78. The summed E-state index contributed by atoms with van der Waals surface area (Å²) in [4.78, 5) is 1.21. The molecule has 0 spiro atoms. The third kappa shape index (κ3) is 3.03. The molecule has 0 aromatic heterocycles. The fourth-order valence-electron chi connectivity index (χ4n) is 1.18. The van der Waals surface area contributed by atoms with Crippen LogP contribution >= 0.6 is 11.8 Å². The molecule has 1 aromatic carbocycles. The van der Waals surface area contributed by atoms with Crippen LogP contribution in [0.5, 0.6) is 0 Å². The molecule has 1 unspecified atom stereocenters. The zero-order valence-electron chi connectivity index (χ0n) is 7.73. The zero-order valence-corrected chi connectivity index (χ0v) is 8.55. The highest BCUT2D eigenvalue weighted by Crippen LogP contribution is 2.20. The van der Waals surface area contributed by atoms with Crippen LogP contribution in [-0.2, 0) is 0 Å². The minimum Gasteiger partial charge on any atom is -0.396 e. The summed E-state index contributed by atoms with van der Waals surface area (Å²) in [5.74, 6) is 0. The largest absolute Gasteiger partial charge is 0.396 e. The average Bonchev–Trinajstić information content (AvgIpc) is 2.18. The SMILES string of the molecule is CSc1cccc(C(N)CCO)c1. The van der Waals surface area contributed by atoms with E-state index in [2.05, 4.69) is 12.1 Å². The number of aliphatic hydroxyl groups excluding tert-OH is 1. The molecule has 0 saturated heterocycles. The molecule has 72 valence electrons. The molecule has 0 radical (unpaired) electrons. The van der Waals surface area contributed by atoms with Crippen molar-refractivity contribution >= 4 is 11.8 Å². The van der Waals surface area contributed by atoms with Gasteiger partial charge in [0.15, 0.2) is 0 Å². The molecule has 1 aromatic rings. The van der Waals surface area contributed by atoms with Crippen molar-refractivity contribution in [3.63, 3.8) is 0 Å². The van der Waals surface area contributed by atoms with E-state index in [1.165, 1.54) is 4.90 Å². The fraction of sp³-hybridized carbons (Fsp3) is 0.400. The number of thioether (sulfide) groups is 1. The van der Waals surface area contributed by atoms with Gasteiger partial charge in [0.2, 0.25) is 0 Å². The van der Waals surface area contributed by atoms with Crippen molar-refractivity contribution in [1.29, 1.82) is 0 Å². The Balaban J connectivity index is 2.75. The Morgan fingerprint density at radius 3 is 2.92 bits per heavy atom. The lowest BCUT2D eigenvalue weighted by Gasteiger charge is -2.10. The first-order chi connectivity index (χ1) is 6.27. The molecular formula is C10H15NOS. The predicted octanol–water partition coefficient (Wildman–Crippen LogP) is 1.79. The average molecular weight is 197 g/mol. The molecule has 2 nitrogen and oxygen atoms in total. The Labute approximate surface area is 83.1 Å². The van der Waals surface area contributed by atoms with Crippen LogP contribution in [0, 0.1) is 0 Å². The maximum absolute atomic E-state index is 8.74. The quantitative estimate of drug-likeness (QED) is 0.723. The molecule has 0 saturated carbocycles. The molecule has 1 rings (SSSR count). The third-order valence-corrected chi connectivity index (χ3v) is 2.69. The number of hydrogen-bond acceptors (Lipinski definition) is 3. The van der Waals surface area contributed by atoms with E-state index >= 15 is 0 Å². The van der Waals surface area contributed by atoms with Crippen molar-refractivity contribution in [3.8, 4) is 0 Å². The van der Waals surface area contributed by atoms with Gasteiger partial charge in [0.25, 0.3) is 0 Å². The van der Waals surface area contributed by atoms with Gasteiger partial charge >= 0.3 is 0 Å². The van der Waals surface area contributed by atoms with Gasteiger partial charge in [0.05, 0.1) is 0 Å². The van der Waals surface area contributed by atoms with E-state index in [0.717, 1.165) is 5.56 Å². The normalized spacial score (nSPS) is 12.8. The van der Waals surface area contributed by atoms with Gasteiger partial charge in [-0.2, -0.15) is 0 Å². The maximum atomic E-state index is 8.74. The number of aliphatic hydroxyl groups is 1. The molecule has 0 aliphatic heterocycles. The van der Waals surface area contributed by atoms with Gasteiger partial charge in [-0.3, -0.25) is 0 Å². The summed E-state index contributed by atoms with van der Waals surface area (Å²) >= 11 is 1.70. The van der Waals surface area contributed by atoms with Crippen molar-refractivity contribution in [2.45, 2.75) is 17.4 Å². The lowest BCUT2D eigenvalue weighted by Crippen LogP contribution is -2.11. The van der Waals surface area contributed by atoms with Crippen LogP contribution in [0.3, 0.4) is 0 Å². The minimum absolute atomic E-state index is 0.0444. The van der Waals surface area contributed by atoms with E-state index in [1.54, 1.807) is 11.8 Å². The summed E-state index contributed by atoms with van der Waals surface area (Å²) in [6.07, 6.45) is 2.66. The van der Waals surface area contributed by atoms with Gasteiger partial charge in [-0.25, -0.2) is 0 Å². The first kappa shape index (κ1) is 10.6. The van der Waals surface area contributed by atoms with E-state index in [4.69, 9.17) is 10.8 Å². The number of rotatable bonds is 4. The van der Waals surface area contributed by atoms with E-state index < -0.39 is 0 Å². The highest BCUT2D eigenvalue weighted by atomic mass is 32.2. The number of benzene rings is 1. The van der Waals surface area contributed by atoms with Crippen molar-refractivity contribution in [3.05, 3.63) is 29.8 Å². The van der Waals surface area contributed by atoms with Crippen LogP contribution in [0.25, 0.3) is 0 Å². The standard InChI is InChI=1S/C10H15NOS/c1-13-9-4-2-3-8(7-9)10(11)5-6-12/h2-4,7,10,12H,5-6,11H2,1H3. The number of nitrogens with two attached hydrogens (primary N) is 1. The zero-order chi connectivity index (χ0) is 9.68. The molecule has 3 N–H and O–H groups in total. The molecule has 0 heterocycles. The van der Waals surface area contributed by atoms with Crippen molar-refractivity contribution in [1.82, 2.24) is 0 Å². The van der Waals surface area contributed by atoms with Crippen LogP contribution in [0.1, 0.15) is 18.0 Å². The Hall–Kier alpha value is -0.510. The van der Waals surface area contributed by atoms with Crippen LogP contribution in [0.15, 0.2) is 29.2 Å². The van der Waals surface area contributed by atoms with Crippen LogP contribution in [0.4, 0.5) is 0 Å². The van der Waals surface area contributed by atoms with Crippen molar-refractivity contribution < 1.29 is 5.11 Å². The van der Waals surface area contributed by atoms with E-state index in [-0.39, 0.29) is 12.6 Å². The molecule has 13 heavy (non-hydrogen) atoms. The first-order valence-electron chi connectivity index (χ1n) is 4.28. The van der Waals surface area contributed by atoms with Gasteiger partial charge in [0, 0.05) is 17.5 Å². The number of hydrogen-bond donors (Lipinski definition) is 2. The summed E-state index contributed by atoms with van der Waals surface area (Å²) < 4.78 is 0. The molecule has 0 bridgehead atoms. The molecule has 1 atom stereocenters. The van der Waals surface area contributed by atoms with Crippen molar-refractivity contribution in [2.24, 2.45) is 5.73 Å². The Bertz CT molecular complexity index is 265. The highest BCUT2D eigenvalue weighted by Gasteiger charge is 2.04. The fourth-order valence-corrected chi connectivity index (χ4v) is 1.65. The maximum Gasteiger partial charge on any atom is 0.0449 e. The summed E-state index contributed by atoms with van der Waals surface area (Å²) in [6, 6.07) is 8.08. The lowest BCUT2D eigenvalue weighted by atomic mass is 10.1. The summed E-state index contributed by atoms with van der Waals surface area (Å²) in [5, 5.41) is 8.74. The second-order valence-electron chi connectivity index (χ2n) is 2.90.